The Morgan fingerprint density at radius 1 is 0.727 bits per heavy atom. The van der Waals surface area contributed by atoms with Gasteiger partial charge in [0.05, 0.1) is 9.79 Å². The van der Waals surface area contributed by atoms with Crippen LogP contribution in [0.5, 0.6) is 0 Å². The fourth-order valence-corrected chi connectivity index (χ4v) is 5.58. The zero-order valence-corrected chi connectivity index (χ0v) is 19.8. The van der Waals surface area contributed by atoms with Crippen LogP contribution in [-0.2, 0) is 30.9 Å². The molecule has 0 fully saturated rings. The van der Waals surface area contributed by atoms with Gasteiger partial charge in [-0.05, 0) is 55.8 Å². The Morgan fingerprint density at radius 3 is 1.82 bits per heavy atom. The van der Waals surface area contributed by atoms with E-state index in [2.05, 4.69) is 4.98 Å². The van der Waals surface area contributed by atoms with Gasteiger partial charge in [-0.15, -0.1) is 0 Å². The van der Waals surface area contributed by atoms with Gasteiger partial charge in [-0.3, -0.25) is 14.6 Å². The summed E-state index contributed by atoms with van der Waals surface area (Å²) in [6.45, 7) is 3.59. The van der Waals surface area contributed by atoms with Crippen LogP contribution in [0.2, 0.25) is 0 Å². The molecule has 0 bridgehead atoms. The third-order valence-corrected chi connectivity index (χ3v) is 8.29. The first-order valence-electron chi connectivity index (χ1n) is 10.0. The summed E-state index contributed by atoms with van der Waals surface area (Å²) in [7, 11) is -7.65. The van der Waals surface area contributed by atoms with Crippen LogP contribution < -0.4 is 0 Å². The van der Waals surface area contributed by atoms with E-state index in [0.717, 1.165) is 5.56 Å². The van der Waals surface area contributed by atoms with Crippen molar-refractivity contribution in [1.82, 2.24) is 4.98 Å². The molecule has 7 nitrogen and oxygen atoms in total. The lowest BCUT2D eigenvalue weighted by atomic mass is 10.1. The number of aromatic nitrogens is 1. The maximum atomic E-state index is 12.6. The van der Waals surface area contributed by atoms with Gasteiger partial charge in [0, 0.05) is 23.9 Å². The van der Waals surface area contributed by atoms with Crippen molar-refractivity contribution in [3.8, 4) is 0 Å². The Hall–Kier alpha value is -3.17. The van der Waals surface area contributed by atoms with Crippen LogP contribution in [0.4, 0.5) is 0 Å². The highest BCUT2D eigenvalue weighted by atomic mass is 32.2. The summed E-state index contributed by atoms with van der Waals surface area (Å²) in [5.74, 6) is -2.42. The standard InChI is InChI=1S/C24H23NO6S2/c1-17-3-9-22(10-4-17)32(28,29)15-21(26)13-19-6-11-23(12-7-19)33(30,31)16-24(27)20-8-5-18(2)25-14-20/h3-12,14H,13,15-16H2,1-2H3. The van der Waals surface area contributed by atoms with Crippen molar-refractivity contribution in [2.24, 2.45) is 0 Å². The first-order valence-corrected chi connectivity index (χ1v) is 13.4. The molecule has 9 heteroatoms. The van der Waals surface area contributed by atoms with Crippen LogP contribution >= 0.6 is 0 Å². The second-order valence-electron chi connectivity index (χ2n) is 7.80. The highest BCUT2D eigenvalue weighted by molar-refractivity contribution is 7.92. The highest BCUT2D eigenvalue weighted by Crippen LogP contribution is 2.17. The Balaban J connectivity index is 1.65. The average Bonchev–Trinajstić information content (AvgIpc) is 2.74. The Kier molecular flexibility index (Phi) is 7.24. The zero-order chi connectivity index (χ0) is 24.2. The van der Waals surface area contributed by atoms with Gasteiger partial charge < -0.3 is 0 Å². The summed E-state index contributed by atoms with van der Waals surface area (Å²) in [4.78, 5) is 28.7. The lowest BCUT2D eigenvalue weighted by Crippen LogP contribution is -2.18. The van der Waals surface area contributed by atoms with Crippen LogP contribution in [0, 0.1) is 13.8 Å². The quantitative estimate of drug-likeness (QED) is 0.428. The molecular formula is C24H23NO6S2. The molecule has 0 aliphatic heterocycles. The molecule has 0 aliphatic carbocycles. The lowest BCUT2D eigenvalue weighted by Gasteiger charge is -2.07. The highest BCUT2D eigenvalue weighted by Gasteiger charge is 2.22. The third-order valence-electron chi connectivity index (χ3n) is 4.97. The largest absolute Gasteiger partial charge is 0.298 e. The predicted molar refractivity (Wildman–Crippen MR) is 124 cm³/mol. The van der Waals surface area contributed by atoms with E-state index in [9.17, 15) is 26.4 Å². The van der Waals surface area contributed by atoms with Crippen LogP contribution in [0.25, 0.3) is 0 Å². The third kappa shape index (κ3) is 6.43. The van der Waals surface area contributed by atoms with E-state index in [4.69, 9.17) is 0 Å². The number of pyridine rings is 1. The van der Waals surface area contributed by atoms with Gasteiger partial charge in [0.15, 0.2) is 31.2 Å². The number of nitrogens with zero attached hydrogens (tertiary/aromatic N) is 1. The molecular weight excluding hydrogens is 462 g/mol. The first-order chi connectivity index (χ1) is 15.5. The van der Waals surface area contributed by atoms with Crippen LogP contribution in [0.1, 0.15) is 27.2 Å². The molecule has 1 heterocycles. The molecule has 0 saturated carbocycles. The van der Waals surface area contributed by atoms with E-state index >= 15 is 0 Å². The summed E-state index contributed by atoms with van der Waals surface area (Å²) in [6.07, 6.45) is 1.19. The van der Waals surface area contributed by atoms with Crippen LogP contribution in [-0.4, -0.2) is 44.9 Å². The summed E-state index contributed by atoms with van der Waals surface area (Å²) in [5, 5.41) is 0. The summed E-state index contributed by atoms with van der Waals surface area (Å²) in [5.41, 5.74) is 2.31. The van der Waals surface area contributed by atoms with Crippen molar-refractivity contribution in [1.29, 1.82) is 0 Å². The fourth-order valence-electron chi connectivity index (χ4n) is 3.11. The number of sulfone groups is 2. The molecule has 0 atom stereocenters. The normalized spacial score (nSPS) is 11.8. The van der Waals surface area contributed by atoms with Crippen molar-refractivity contribution in [3.63, 3.8) is 0 Å². The molecule has 0 N–H and O–H groups in total. The van der Waals surface area contributed by atoms with Crippen LogP contribution in [0.3, 0.4) is 0 Å². The van der Waals surface area contributed by atoms with Gasteiger partial charge >= 0.3 is 0 Å². The van der Waals surface area contributed by atoms with E-state index in [-0.39, 0.29) is 21.8 Å². The van der Waals surface area contributed by atoms with E-state index < -0.39 is 42.7 Å². The molecule has 33 heavy (non-hydrogen) atoms. The molecule has 0 saturated heterocycles. The molecule has 2 aromatic carbocycles. The van der Waals surface area contributed by atoms with Crippen molar-refractivity contribution in [2.45, 2.75) is 30.1 Å². The number of hydrogen-bond donors (Lipinski definition) is 0. The number of rotatable bonds is 9. The Bertz CT molecular complexity index is 1370. The van der Waals surface area contributed by atoms with Crippen molar-refractivity contribution >= 4 is 31.2 Å². The number of ketones is 2. The van der Waals surface area contributed by atoms with E-state index in [1.54, 1.807) is 25.1 Å². The molecule has 1 aromatic heterocycles. The fraction of sp³-hybridized carbons (Fsp3) is 0.208. The lowest BCUT2D eigenvalue weighted by molar-refractivity contribution is -0.116. The molecule has 0 unspecified atom stereocenters. The minimum atomic E-state index is -3.89. The Labute approximate surface area is 193 Å². The zero-order valence-electron chi connectivity index (χ0n) is 18.2. The average molecular weight is 486 g/mol. The maximum absolute atomic E-state index is 12.6. The number of carbonyl (C=O) groups is 2. The topological polar surface area (TPSA) is 115 Å². The number of Topliss-reactive ketones (excluding diaryl/α,β-unsaturated/α-hetero) is 2. The Morgan fingerprint density at radius 2 is 1.27 bits per heavy atom. The number of benzene rings is 2. The molecule has 172 valence electrons. The molecule has 0 radical (unpaired) electrons. The predicted octanol–water partition coefficient (Wildman–Crippen LogP) is 2.94. The number of hydrogen-bond acceptors (Lipinski definition) is 7. The first kappa shape index (κ1) is 24.5. The van der Waals surface area contributed by atoms with Gasteiger partial charge in [-0.1, -0.05) is 29.8 Å². The SMILES string of the molecule is Cc1ccc(S(=O)(=O)CC(=O)Cc2ccc(S(=O)(=O)CC(=O)c3ccc(C)nc3)cc2)cc1. The van der Waals surface area contributed by atoms with E-state index in [1.807, 2.05) is 6.92 Å². The molecule has 0 amide bonds. The van der Waals surface area contributed by atoms with Gasteiger partial charge in [0.1, 0.15) is 11.5 Å². The van der Waals surface area contributed by atoms with Gasteiger partial charge in [-0.25, -0.2) is 16.8 Å². The summed E-state index contributed by atoms with van der Waals surface area (Å²) >= 11 is 0. The monoisotopic (exact) mass is 485 g/mol. The minimum Gasteiger partial charge on any atom is -0.298 e. The van der Waals surface area contributed by atoms with Crippen molar-refractivity contribution < 1.29 is 26.4 Å². The summed E-state index contributed by atoms with van der Waals surface area (Å²) in [6, 6.07) is 14.9. The number of carbonyl (C=O) groups excluding carboxylic acids is 2. The van der Waals surface area contributed by atoms with E-state index in [0.29, 0.717) is 11.3 Å². The molecule has 3 rings (SSSR count). The minimum absolute atomic E-state index is 0.0561. The second-order valence-corrected chi connectivity index (χ2v) is 11.8. The smallest absolute Gasteiger partial charge is 0.185 e. The van der Waals surface area contributed by atoms with Gasteiger partial charge in [0.2, 0.25) is 0 Å². The van der Waals surface area contributed by atoms with Crippen LogP contribution in [0.15, 0.2) is 76.7 Å². The van der Waals surface area contributed by atoms with E-state index in [1.165, 1.54) is 48.7 Å². The second kappa shape index (κ2) is 9.76. The summed E-state index contributed by atoms with van der Waals surface area (Å²) < 4.78 is 50.1. The van der Waals surface area contributed by atoms with Gasteiger partial charge in [-0.2, -0.15) is 0 Å². The van der Waals surface area contributed by atoms with Crippen molar-refractivity contribution in [2.75, 3.05) is 11.5 Å². The number of aryl methyl sites for hydroxylation is 2. The van der Waals surface area contributed by atoms with Crippen molar-refractivity contribution in [3.05, 3.63) is 89.2 Å². The molecule has 3 aromatic rings. The molecule has 0 spiro atoms. The molecule has 0 aliphatic rings. The maximum Gasteiger partial charge on any atom is 0.185 e. The van der Waals surface area contributed by atoms with Gasteiger partial charge in [0.25, 0.3) is 0 Å².